The third-order valence-corrected chi connectivity index (χ3v) is 5.19. The Morgan fingerprint density at radius 1 is 0.939 bits per heavy atom. The van der Waals surface area contributed by atoms with Crippen molar-refractivity contribution in [2.75, 3.05) is 20.3 Å². The van der Waals surface area contributed by atoms with E-state index in [0.29, 0.717) is 24.5 Å². The summed E-state index contributed by atoms with van der Waals surface area (Å²) in [6, 6.07) is 13.3. The molecule has 0 bridgehead atoms. The molecule has 2 rings (SSSR count). The van der Waals surface area contributed by atoms with Crippen molar-refractivity contribution >= 4 is 12.1 Å². The van der Waals surface area contributed by atoms with Crippen LogP contribution < -0.4 is 20.1 Å². The number of hydrazone groups is 1. The molecule has 0 saturated carbocycles. The minimum Gasteiger partial charge on any atom is -0.496 e. The van der Waals surface area contributed by atoms with E-state index in [1.165, 1.54) is 0 Å². The SMILES string of the molecule is COc1cc(OCCCCCOc2ccc(C(=O)N(C(C)C)C(C)C)cc2)ccc1C=NN. The van der Waals surface area contributed by atoms with E-state index in [0.717, 1.165) is 36.3 Å². The van der Waals surface area contributed by atoms with Crippen LogP contribution in [-0.2, 0) is 0 Å². The Morgan fingerprint density at radius 3 is 2.06 bits per heavy atom. The van der Waals surface area contributed by atoms with Gasteiger partial charge >= 0.3 is 0 Å². The van der Waals surface area contributed by atoms with E-state index in [2.05, 4.69) is 5.10 Å². The number of carbonyl (C=O) groups is 1. The number of benzene rings is 2. The number of methoxy groups -OCH3 is 1. The first kappa shape index (κ1) is 26.0. The molecule has 2 N–H and O–H groups in total. The van der Waals surface area contributed by atoms with Crippen LogP contribution in [0.1, 0.15) is 62.9 Å². The maximum atomic E-state index is 12.7. The van der Waals surface area contributed by atoms with E-state index in [4.69, 9.17) is 20.1 Å². The zero-order chi connectivity index (χ0) is 24.2. The lowest BCUT2D eigenvalue weighted by molar-refractivity contribution is 0.0643. The van der Waals surface area contributed by atoms with Gasteiger partial charge in [-0.05, 0) is 83.4 Å². The number of rotatable bonds is 13. The van der Waals surface area contributed by atoms with Crippen LogP contribution in [0.25, 0.3) is 0 Å². The summed E-state index contributed by atoms with van der Waals surface area (Å²) in [5.74, 6) is 7.45. The van der Waals surface area contributed by atoms with Crippen LogP contribution in [0, 0.1) is 0 Å². The van der Waals surface area contributed by atoms with E-state index in [1.807, 2.05) is 75.1 Å². The number of amides is 1. The quantitative estimate of drug-likeness (QED) is 0.201. The molecule has 0 aromatic heterocycles. The molecular formula is C26H37N3O4. The van der Waals surface area contributed by atoms with Crippen LogP contribution in [0.3, 0.4) is 0 Å². The van der Waals surface area contributed by atoms with Crippen LogP contribution in [0.4, 0.5) is 0 Å². The number of carbonyl (C=O) groups excluding carboxylic acids is 1. The smallest absolute Gasteiger partial charge is 0.254 e. The summed E-state index contributed by atoms with van der Waals surface area (Å²) in [6.07, 6.45) is 4.38. The van der Waals surface area contributed by atoms with Gasteiger partial charge in [-0.1, -0.05) is 0 Å². The Bertz CT molecular complexity index is 887. The highest BCUT2D eigenvalue weighted by atomic mass is 16.5. The Morgan fingerprint density at radius 2 is 1.52 bits per heavy atom. The zero-order valence-electron chi connectivity index (χ0n) is 20.4. The summed E-state index contributed by atoms with van der Waals surface area (Å²) >= 11 is 0. The first-order valence-electron chi connectivity index (χ1n) is 11.5. The summed E-state index contributed by atoms with van der Waals surface area (Å²) in [5.41, 5.74) is 1.49. The molecule has 0 aliphatic carbocycles. The second kappa shape index (κ2) is 13.4. The molecular weight excluding hydrogens is 418 g/mol. The van der Waals surface area contributed by atoms with Crippen molar-refractivity contribution in [1.29, 1.82) is 0 Å². The Balaban J connectivity index is 1.70. The molecule has 0 radical (unpaired) electrons. The van der Waals surface area contributed by atoms with Crippen molar-refractivity contribution in [3.05, 3.63) is 53.6 Å². The first-order chi connectivity index (χ1) is 15.9. The number of hydrogen-bond donors (Lipinski definition) is 1. The molecule has 2 aromatic carbocycles. The average Bonchev–Trinajstić information content (AvgIpc) is 2.79. The second-order valence-electron chi connectivity index (χ2n) is 8.36. The molecule has 0 spiro atoms. The van der Waals surface area contributed by atoms with Gasteiger partial charge in [0.15, 0.2) is 0 Å². The molecule has 180 valence electrons. The lowest BCUT2D eigenvalue weighted by Crippen LogP contribution is -2.42. The molecule has 0 atom stereocenters. The van der Waals surface area contributed by atoms with Crippen LogP contribution in [0.2, 0.25) is 0 Å². The van der Waals surface area contributed by atoms with Gasteiger partial charge in [-0.15, -0.1) is 0 Å². The van der Waals surface area contributed by atoms with Gasteiger partial charge in [0.25, 0.3) is 5.91 Å². The number of nitrogens with two attached hydrogens (primary N) is 1. The predicted octanol–water partition coefficient (Wildman–Crippen LogP) is 4.87. The monoisotopic (exact) mass is 455 g/mol. The van der Waals surface area contributed by atoms with E-state index in [-0.39, 0.29) is 18.0 Å². The van der Waals surface area contributed by atoms with E-state index in [9.17, 15) is 4.79 Å². The molecule has 1 amide bonds. The van der Waals surface area contributed by atoms with Gasteiger partial charge in [-0.25, -0.2) is 0 Å². The summed E-state index contributed by atoms with van der Waals surface area (Å²) in [6.45, 7) is 9.37. The van der Waals surface area contributed by atoms with Crippen LogP contribution in [-0.4, -0.2) is 49.4 Å². The van der Waals surface area contributed by atoms with Gasteiger partial charge in [0.05, 0.1) is 26.5 Å². The first-order valence-corrected chi connectivity index (χ1v) is 11.5. The number of hydrogen-bond acceptors (Lipinski definition) is 6. The molecule has 7 nitrogen and oxygen atoms in total. The van der Waals surface area contributed by atoms with Crippen molar-refractivity contribution < 1.29 is 19.0 Å². The number of ether oxygens (including phenoxy) is 3. The van der Waals surface area contributed by atoms with E-state index < -0.39 is 0 Å². The fourth-order valence-electron chi connectivity index (χ4n) is 3.64. The van der Waals surface area contributed by atoms with Crippen molar-refractivity contribution in [2.24, 2.45) is 10.9 Å². The molecule has 0 unspecified atom stereocenters. The van der Waals surface area contributed by atoms with Gasteiger partial charge in [-0.2, -0.15) is 5.10 Å². The summed E-state index contributed by atoms with van der Waals surface area (Å²) in [5, 5.41) is 3.53. The van der Waals surface area contributed by atoms with Gasteiger partial charge < -0.3 is 25.0 Å². The van der Waals surface area contributed by atoms with Gasteiger partial charge in [-0.3, -0.25) is 4.79 Å². The van der Waals surface area contributed by atoms with E-state index >= 15 is 0 Å². The van der Waals surface area contributed by atoms with Gasteiger partial charge in [0, 0.05) is 29.3 Å². The van der Waals surface area contributed by atoms with Crippen molar-refractivity contribution in [3.8, 4) is 17.2 Å². The summed E-state index contributed by atoms with van der Waals surface area (Å²) in [4.78, 5) is 14.6. The van der Waals surface area contributed by atoms with Crippen LogP contribution in [0.5, 0.6) is 17.2 Å². The average molecular weight is 456 g/mol. The fraction of sp³-hybridized carbons (Fsp3) is 0.462. The number of unbranched alkanes of at least 4 members (excludes halogenated alkanes) is 2. The minimum atomic E-state index is 0.0475. The summed E-state index contributed by atoms with van der Waals surface area (Å²) in [7, 11) is 1.60. The molecule has 2 aromatic rings. The van der Waals surface area contributed by atoms with Crippen molar-refractivity contribution in [1.82, 2.24) is 4.90 Å². The maximum absolute atomic E-state index is 12.7. The fourth-order valence-corrected chi connectivity index (χ4v) is 3.64. The van der Waals surface area contributed by atoms with Crippen molar-refractivity contribution in [2.45, 2.75) is 59.0 Å². The highest BCUT2D eigenvalue weighted by molar-refractivity contribution is 5.94. The Hall–Kier alpha value is -3.22. The standard InChI is InChI=1S/C26H37N3O4/c1-19(2)29(20(3)4)26(30)21-9-12-23(13-10-21)32-15-7-6-8-16-33-24-14-11-22(18-28-27)25(17-24)31-5/h9-14,17-20H,6-8,15-16,27H2,1-5H3. The Kier molecular flexibility index (Phi) is 10.5. The third-order valence-electron chi connectivity index (χ3n) is 5.19. The molecule has 0 aliphatic rings. The predicted molar refractivity (Wildman–Crippen MR) is 132 cm³/mol. The Labute approximate surface area is 197 Å². The molecule has 0 saturated heterocycles. The second-order valence-corrected chi connectivity index (χ2v) is 8.36. The minimum absolute atomic E-state index is 0.0475. The van der Waals surface area contributed by atoms with E-state index in [1.54, 1.807) is 13.3 Å². The molecule has 0 aliphatic heterocycles. The highest BCUT2D eigenvalue weighted by Crippen LogP contribution is 2.24. The number of nitrogens with zero attached hydrogens (tertiary/aromatic N) is 2. The normalized spacial score (nSPS) is 11.2. The lowest BCUT2D eigenvalue weighted by atomic mass is 10.1. The molecule has 0 heterocycles. The van der Waals surface area contributed by atoms with Gasteiger partial charge in [0.2, 0.25) is 0 Å². The summed E-state index contributed by atoms with van der Waals surface area (Å²) < 4.78 is 17.0. The van der Waals surface area contributed by atoms with Crippen LogP contribution >= 0.6 is 0 Å². The lowest BCUT2D eigenvalue weighted by Gasteiger charge is -2.30. The molecule has 7 heteroatoms. The largest absolute Gasteiger partial charge is 0.496 e. The van der Waals surface area contributed by atoms with Gasteiger partial charge in [0.1, 0.15) is 17.2 Å². The van der Waals surface area contributed by atoms with Crippen molar-refractivity contribution in [3.63, 3.8) is 0 Å². The topological polar surface area (TPSA) is 86.4 Å². The maximum Gasteiger partial charge on any atom is 0.254 e. The molecule has 33 heavy (non-hydrogen) atoms. The molecule has 0 fully saturated rings. The zero-order valence-corrected chi connectivity index (χ0v) is 20.4. The highest BCUT2D eigenvalue weighted by Gasteiger charge is 2.21. The van der Waals surface area contributed by atoms with Crippen LogP contribution in [0.15, 0.2) is 47.6 Å². The third kappa shape index (κ3) is 8.00.